The van der Waals surface area contributed by atoms with Crippen molar-refractivity contribution in [1.82, 2.24) is 0 Å². The van der Waals surface area contributed by atoms with Gasteiger partial charge in [-0.3, -0.25) is 0 Å². The summed E-state index contributed by atoms with van der Waals surface area (Å²) in [6.45, 7) is 2.02. The van der Waals surface area contributed by atoms with Crippen molar-refractivity contribution >= 4 is 34.4 Å². The Balaban J connectivity index is 1.81. The Morgan fingerprint density at radius 3 is 1.75 bits per heavy atom. The third-order valence-corrected chi connectivity index (χ3v) is 4.67. The van der Waals surface area contributed by atoms with Crippen molar-refractivity contribution in [3.05, 3.63) is 102 Å². The second kappa shape index (κ2) is 8.15. The molecule has 0 amide bonds. The molecule has 0 saturated carbocycles. The van der Waals surface area contributed by atoms with E-state index in [0.29, 0.717) is 5.11 Å². The quantitative estimate of drug-likeness (QED) is 0.420. The summed E-state index contributed by atoms with van der Waals surface area (Å²) in [5.41, 5.74) is 5.34. The smallest absolute Gasteiger partial charge is 0.219 e. The van der Waals surface area contributed by atoms with Crippen LogP contribution in [0.4, 0.5) is 5.69 Å². The number of aliphatic imine (C=N–C) groups is 2. The molecule has 5 heteroatoms. The average Bonchev–Trinajstić information content (AvgIpc) is 2.74. The SMILES string of the molecule is Cc1ccccc1N=NC1C(c2ccccc2)=NC(=S)N=C1c1ccccc1. The molecule has 0 fully saturated rings. The zero-order valence-electron chi connectivity index (χ0n) is 15.4. The van der Waals surface area contributed by atoms with Gasteiger partial charge in [-0.15, -0.1) is 0 Å². The van der Waals surface area contributed by atoms with Gasteiger partial charge in [0, 0.05) is 0 Å². The lowest BCUT2D eigenvalue weighted by Gasteiger charge is -2.21. The first-order valence-electron chi connectivity index (χ1n) is 9.01. The van der Waals surface area contributed by atoms with Crippen LogP contribution in [0.25, 0.3) is 0 Å². The van der Waals surface area contributed by atoms with Crippen molar-refractivity contribution in [3.8, 4) is 0 Å². The van der Waals surface area contributed by atoms with Gasteiger partial charge < -0.3 is 0 Å². The molecule has 1 aliphatic rings. The summed E-state index contributed by atoms with van der Waals surface area (Å²) in [7, 11) is 0. The highest BCUT2D eigenvalue weighted by molar-refractivity contribution is 7.80. The van der Waals surface area contributed by atoms with Gasteiger partial charge in [0.15, 0.2) is 6.04 Å². The molecule has 3 aromatic rings. The monoisotopic (exact) mass is 382 g/mol. The fraction of sp³-hybridized carbons (Fsp3) is 0.0870. The Kier molecular flexibility index (Phi) is 5.26. The lowest BCUT2D eigenvalue weighted by molar-refractivity contribution is 0.990. The first-order valence-corrected chi connectivity index (χ1v) is 9.41. The van der Waals surface area contributed by atoms with E-state index in [4.69, 9.17) is 12.2 Å². The second-order valence-corrected chi connectivity index (χ2v) is 6.78. The molecule has 0 saturated heterocycles. The van der Waals surface area contributed by atoms with E-state index < -0.39 is 6.04 Å². The van der Waals surface area contributed by atoms with E-state index in [2.05, 4.69) is 20.2 Å². The highest BCUT2D eigenvalue weighted by Crippen LogP contribution is 2.23. The first kappa shape index (κ1) is 18.1. The maximum absolute atomic E-state index is 5.36. The van der Waals surface area contributed by atoms with Crippen LogP contribution in [0.5, 0.6) is 0 Å². The van der Waals surface area contributed by atoms with Crippen LogP contribution in [-0.4, -0.2) is 22.6 Å². The number of hydrogen-bond acceptors (Lipinski definition) is 3. The lowest BCUT2D eigenvalue weighted by Crippen LogP contribution is -2.34. The number of azo groups is 1. The Morgan fingerprint density at radius 1 is 0.714 bits per heavy atom. The zero-order valence-corrected chi connectivity index (χ0v) is 16.2. The molecular formula is C23H18N4S. The van der Waals surface area contributed by atoms with Crippen molar-refractivity contribution < 1.29 is 0 Å². The van der Waals surface area contributed by atoms with E-state index in [1.165, 1.54) is 0 Å². The van der Waals surface area contributed by atoms with Gasteiger partial charge in [-0.25, -0.2) is 9.98 Å². The minimum atomic E-state index is -0.434. The number of aryl methyl sites for hydroxylation is 1. The van der Waals surface area contributed by atoms with E-state index >= 15 is 0 Å². The fourth-order valence-corrected chi connectivity index (χ4v) is 3.25. The van der Waals surface area contributed by atoms with Crippen LogP contribution in [0, 0.1) is 6.92 Å². The van der Waals surface area contributed by atoms with Crippen LogP contribution >= 0.6 is 12.2 Å². The van der Waals surface area contributed by atoms with E-state index in [0.717, 1.165) is 33.8 Å². The van der Waals surface area contributed by atoms with Gasteiger partial charge >= 0.3 is 0 Å². The van der Waals surface area contributed by atoms with Gasteiger partial charge in [0.2, 0.25) is 5.11 Å². The van der Waals surface area contributed by atoms with E-state index in [1.807, 2.05) is 91.9 Å². The van der Waals surface area contributed by atoms with Gasteiger partial charge in [-0.2, -0.15) is 10.2 Å². The van der Waals surface area contributed by atoms with Crippen molar-refractivity contribution in [1.29, 1.82) is 0 Å². The molecule has 4 rings (SSSR count). The summed E-state index contributed by atoms with van der Waals surface area (Å²) in [5, 5.41) is 9.50. The molecule has 136 valence electrons. The minimum Gasteiger partial charge on any atom is -0.220 e. The van der Waals surface area contributed by atoms with Crippen molar-refractivity contribution in [2.24, 2.45) is 20.2 Å². The van der Waals surface area contributed by atoms with Crippen molar-refractivity contribution in [2.75, 3.05) is 0 Å². The predicted octanol–water partition coefficient (Wildman–Crippen LogP) is 5.72. The summed E-state index contributed by atoms with van der Waals surface area (Å²) in [4.78, 5) is 9.10. The summed E-state index contributed by atoms with van der Waals surface area (Å²) in [6, 6.07) is 27.3. The summed E-state index contributed by atoms with van der Waals surface area (Å²) in [5.74, 6) is 0. The van der Waals surface area contributed by atoms with Gasteiger partial charge in [0.25, 0.3) is 0 Å². The average molecular weight is 382 g/mol. The highest BCUT2D eigenvalue weighted by Gasteiger charge is 2.29. The molecule has 1 aliphatic heterocycles. The van der Waals surface area contributed by atoms with Gasteiger partial charge in [0.05, 0.1) is 17.1 Å². The van der Waals surface area contributed by atoms with Crippen LogP contribution in [-0.2, 0) is 0 Å². The first-order chi connectivity index (χ1) is 13.7. The standard InChI is InChI=1S/C23H18N4S/c1-16-10-8-9-15-19(16)26-27-22-20(17-11-4-2-5-12-17)24-23(28)25-21(22)18-13-6-3-7-14-18/h2-15,22H,1H3. The number of nitrogens with zero attached hydrogens (tertiary/aromatic N) is 4. The number of rotatable bonds is 4. The van der Waals surface area contributed by atoms with Gasteiger partial charge in [-0.1, -0.05) is 78.9 Å². The van der Waals surface area contributed by atoms with Gasteiger partial charge in [-0.05, 0) is 41.9 Å². The molecule has 1 heterocycles. The number of thiocarbonyl (C=S) groups is 1. The van der Waals surface area contributed by atoms with E-state index in [-0.39, 0.29) is 0 Å². The maximum Gasteiger partial charge on any atom is 0.219 e. The van der Waals surface area contributed by atoms with Crippen molar-refractivity contribution in [2.45, 2.75) is 13.0 Å². The largest absolute Gasteiger partial charge is 0.220 e. The predicted molar refractivity (Wildman–Crippen MR) is 118 cm³/mol. The number of hydrogen-bond donors (Lipinski definition) is 0. The topological polar surface area (TPSA) is 49.4 Å². The van der Waals surface area contributed by atoms with Gasteiger partial charge in [0.1, 0.15) is 0 Å². The van der Waals surface area contributed by atoms with Crippen LogP contribution < -0.4 is 0 Å². The highest BCUT2D eigenvalue weighted by atomic mass is 32.1. The summed E-state index contributed by atoms with van der Waals surface area (Å²) >= 11 is 5.36. The molecule has 0 radical (unpaired) electrons. The third kappa shape index (κ3) is 3.85. The Labute approximate surface area is 169 Å². The molecule has 0 aliphatic carbocycles. The summed E-state index contributed by atoms with van der Waals surface area (Å²) < 4.78 is 0. The zero-order chi connectivity index (χ0) is 19.3. The molecule has 0 aromatic heterocycles. The van der Waals surface area contributed by atoms with Crippen LogP contribution in [0.2, 0.25) is 0 Å². The normalized spacial score (nSPS) is 14.8. The minimum absolute atomic E-state index is 0.306. The molecule has 0 unspecified atom stereocenters. The Hall–Kier alpha value is -3.31. The van der Waals surface area contributed by atoms with E-state index in [9.17, 15) is 0 Å². The van der Waals surface area contributed by atoms with Crippen molar-refractivity contribution in [3.63, 3.8) is 0 Å². The van der Waals surface area contributed by atoms with Crippen LogP contribution in [0.15, 0.2) is 105 Å². The molecule has 0 N–H and O–H groups in total. The third-order valence-electron chi connectivity index (χ3n) is 4.49. The Morgan fingerprint density at radius 2 is 1.21 bits per heavy atom. The molecule has 4 nitrogen and oxygen atoms in total. The fourth-order valence-electron chi connectivity index (χ4n) is 3.05. The number of benzene rings is 3. The molecular weight excluding hydrogens is 364 g/mol. The Bertz CT molecular complexity index is 1030. The molecule has 3 aromatic carbocycles. The molecule has 0 bridgehead atoms. The summed E-state index contributed by atoms with van der Waals surface area (Å²) in [6.07, 6.45) is 0. The van der Waals surface area contributed by atoms with Crippen LogP contribution in [0.1, 0.15) is 16.7 Å². The molecule has 0 spiro atoms. The lowest BCUT2D eigenvalue weighted by atomic mass is 9.94. The van der Waals surface area contributed by atoms with Crippen LogP contribution in [0.3, 0.4) is 0 Å². The van der Waals surface area contributed by atoms with E-state index in [1.54, 1.807) is 0 Å². The molecule has 0 atom stereocenters. The maximum atomic E-state index is 5.36. The second-order valence-electron chi connectivity index (χ2n) is 6.41. The molecule has 28 heavy (non-hydrogen) atoms.